The van der Waals surface area contributed by atoms with Crippen LogP contribution in [0.4, 0.5) is 23.8 Å². The maximum absolute atomic E-state index is 13.6. The molecule has 39 heavy (non-hydrogen) atoms. The van der Waals surface area contributed by atoms with Gasteiger partial charge in [0.05, 0.1) is 0 Å². The highest BCUT2D eigenvalue weighted by molar-refractivity contribution is 7.99. The lowest BCUT2D eigenvalue weighted by atomic mass is 10.0. The number of anilines is 1. The third-order valence-electron chi connectivity index (χ3n) is 7.55. The second-order valence-corrected chi connectivity index (χ2v) is 11.7. The van der Waals surface area contributed by atoms with E-state index in [-0.39, 0.29) is 29.1 Å². The molecule has 2 saturated carbocycles. The molecule has 3 fully saturated rings. The average molecular weight is 567 g/mol. The predicted molar refractivity (Wildman–Crippen MR) is 139 cm³/mol. The van der Waals surface area contributed by atoms with E-state index in [1.807, 2.05) is 4.90 Å². The quantitative estimate of drug-likeness (QED) is 0.370. The first-order chi connectivity index (χ1) is 18.8. The number of piperazine rings is 1. The first-order valence-electron chi connectivity index (χ1n) is 13.7. The summed E-state index contributed by atoms with van der Waals surface area (Å²) >= 11 is 1.19. The Morgan fingerprint density at radius 3 is 2.33 bits per heavy atom. The summed E-state index contributed by atoms with van der Waals surface area (Å²) in [5.74, 6) is -0.850. The van der Waals surface area contributed by atoms with Crippen molar-refractivity contribution in [2.45, 2.75) is 87.0 Å². The molecule has 0 unspecified atom stereocenters. The van der Waals surface area contributed by atoms with Crippen LogP contribution in [0.3, 0.4) is 0 Å². The van der Waals surface area contributed by atoms with Crippen molar-refractivity contribution in [3.8, 4) is 0 Å². The van der Waals surface area contributed by atoms with Crippen molar-refractivity contribution < 1.29 is 31.9 Å². The summed E-state index contributed by atoms with van der Waals surface area (Å²) in [6, 6.07) is 3.42. The normalized spacial score (nSPS) is 19.5. The second kappa shape index (κ2) is 12.2. The van der Waals surface area contributed by atoms with Crippen molar-refractivity contribution in [3.05, 3.63) is 35.3 Å². The number of halogens is 3. The molecule has 3 aliphatic rings. The van der Waals surface area contributed by atoms with Gasteiger partial charge in [0.2, 0.25) is 11.5 Å². The molecule has 1 amide bonds. The van der Waals surface area contributed by atoms with Crippen LogP contribution >= 0.6 is 11.8 Å². The van der Waals surface area contributed by atoms with Crippen LogP contribution in [0.15, 0.2) is 28.0 Å². The monoisotopic (exact) mass is 566 g/mol. The highest BCUT2D eigenvalue weighted by atomic mass is 32.2. The number of aromatic nitrogens is 2. The smallest absolute Gasteiger partial charge is 0.437 e. The van der Waals surface area contributed by atoms with Crippen LogP contribution in [0.5, 0.6) is 0 Å². The van der Waals surface area contributed by atoms with Crippen molar-refractivity contribution in [1.82, 2.24) is 14.9 Å². The summed E-state index contributed by atoms with van der Waals surface area (Å²) in [4.78, 5) is 37.1. The molecule has 212 valence electrons. The molecule has 0 radical (unpaired) electrons. The van der Waals surface area contributed by atoms with E-state index >= 15 is 0 Å². The number of nitrogens with zero attached hydrogens (tertiary/aromatic N) is 4. The number of oxazole rings is 1. The van der Waals surface area contributed by atoms with Gasteiger partial charge in [-0.05, 0) is 50.2 Å². The molecular formula is C27H33F3N4O4S. The Morgan fingerprint density at radius 1 is 1.00 bits per heavy atom. The predicted octanol–water partition coefficient (Wildman–Crippen LogP) is 6.14. The van der Waals surface area contributed by atoms with Gasteiger partial charge < -0.3 is 19.0 Å². The van der Waals surface area contributed by atoms with Gasteiger partial charge in [0.25, 0.3) is 5.22 Å². The third kappa shape index (κ3) is 7.06. The third-order valence-corrected chi connectivity index (χ3v) is 8.74. The number of ether oxygens (including phenoxy) is 1. The highest BCUT2D eigenvalue weighted by Gasteiger charge is 2.41. The number of carbonyl (C=O) groups is 2. The summed E-state index contributed by atoms with van der Waals surface area (Å²) in [7, 11) is 0. The van der Waals surface area contributed by atoms with E-state index in [0.29, 0.717) is 37.6 Å². The minimum absolute atomic E-state index is 0.0267. The van der Waals surface area contributed by atoms with E-state index in [4.69, 9.17) is 9.15 Å². The fourth-order valence-corrected chi connectivity index (χ4v) is 6.50. The van der Waals surface area contributed by atoms with Crippen LogP contribution in [0.25, 0.3) is 0 Å². The molecule has 0 spiro atoms. The van der Waals surface area contributed by atoms with Gasteiger partial charge in [-0.25, -0.2) is 9.78 Å². The van der Waals surface area contributed by atoms with Crippen LogP contribution < -0.4 is 4.90 Å². The molecular weight excluding hydrogens is 533 g/mol. The zero-order valence-electron chi connectivity index (χ0n) is 21.8. The number of ketones is 1. The molecule has 0 atom stereocenters. The van der Waals surface area contributed by atoms with Crippen LogP contribution in [-0.4, -0.2) is 64.3 Å². The van der Waals surface area contributed by atoms with E-state index in [2.05, 4.69) is 9.97 Å². The standard InChI is InChI=1S/C27H33F3N4O4S/c28-27(29,30)24-23(38-25(32-24)39-20-8-2-1-3-9-20)21(35)16-18-10-11-22(31-17-18)33-12-14-34(15-13-33)26(36)37-19-6-4-5-7-19/h10-11,17,19-20H,1-9,12-16H2. The van der Waals surface area contributed by atoms with Gasteiger partial charge in [0, 0.05) is 44.0 Å². The molecule has 0 bridgehead atoms. The van der Waals surface area contributed by atoms with E-state index in [0.717, 1.165) is 57.8 Å². The Morgan fingerprint density at radius 2 is 1.69 bits per heavy atom. The number of rotatable bonds is 7. The Balaban J connectivity index is 1.17. The number of carbonyl (C=O) groups excluding carboxylic acids is 2. The van der Waals surface area contributed by atoms with Crippen molar-refractivity contribution in [2.24, 2.45) is 0 Å². The van der Waals surface area contributed by atoms with Crippen LogP contribution in [-0.2, 0) is 17.3 Å². The summed E-state index contributed by atoms with van der Waals surface area (Å²) in [6.07, 6.45) is 5.23. The molecule has 2 aliphatic carbocycles. The zero-order valence-corrected chi connectivity index (χ0v) is 22.6. The Kier molecular flexibility index (Phi) is 8.68. The van der Waals surface area contributed by atoms with Gasteiger partial charge in [0.15, 0.2) is 5.69 Å². The van der Waals surface area contributed by atoms with Crippen LogP contribution in [0.2, 0.25) is 0 Å². The van der Waals surface area contributed by atoms with E-state index in [9.17, 15) is 22.8 Å². The van der Waals surface area contributed by atoms with E-state index < -0.39 is 23.4 Å². The number of hydrogen-bond donors (Lipinski definition) is 0. The first kappa shape index (κ1) is 27.8. The lowest BCUT2D eigenvalue weighted by Crippen LogP contribution is -2.49. The van der Waals surface area contributed by atoms with Gasteiger partial charge in [-0.3, -0.25) is 4.79 Å². The minimum Gasteiger partial charge on any atom is -0.446 e. The number of pyridine rings is 1. The van der Waals surface area contributed by atoms with Gasteiger partial charge in [-0.1, -0.05) is 37.1 Å². The topological polar surface area (TPSA) is 88.8 Å². The highest BCUT2D eigenvalue weighted by Crippen LogP contribution is 2.38. The molecule has 5 rings (SSSR count). The Bertz CT molecular complexity index is 1140. The summed E-state index contributed by atoms with van der Waals surface area (Å²) in [5, 5.41) is 0.0512. The fraction of sp³-hybridized carbons (Fsp3) is 0.630. The number of amides is 1. The van der Waals surface area contributed by atoms with Gasteiger partial charge in [0.1, 0.15) is 11.9 Å². The molecule has 2 aromatic rings. The number of Topliss-reactive ketones (excluding diaryl/α,β-unsaturated/α-hetero) is 1. The van der Waals surface area contributed by atoms with Crippen molar-refractivity contribution in [2.75, 3.05) is 31.1 Å². The molecule has 0 aromatic carbocycles. The molecule has 1 aliphatic heterocycles. The average Bonchev–Trinajstić information content (AvgIpc) is 3.60. The molecule has 2 aromatic heterocycles. The molecule has 0 N–H and O–H groups in total. The SMILES string of the molecule is O=C(Cc1ccc(N2CCN(C(=O)OC3CCCC3)CC2)nc1)c1oc(SC2CCCCC2)nc1C(F)(F)F. The fourth-order valence-electron chi connectivity index (χ4n) is 5.37. The first-order valence-corrected chi connectivity index (χ1v) is 14.6. The minimum atomic E-state index is -4.78. The second-order valence-electron chi connectivity index (χ2n) is 10.4. The molecule has 3 heterocycles. The molecule has 12 heteroatoms. The number of thioether (sulfide) groups is 1. The van der Waals surface area contributed by atoms with E-state index in [1.165, 1.54) is 18.0 Å². The Hall–Kier alpha value is -2.76. The van der Waals surface area contributed by atoms with Crippen molar-refractivity contribution in [1.29, 1.82) is 0 Å². The summed E-state index contributed by atoms with van der Waals surface area (Å²) < 4.78 is 51.9. The summed E-state index contributed by atoms with van der Waals surface area (Å²) in [6.45, 7) is 2.19. The van der Waals surface area contributed by atoms with Gasteiger partial charge in [-0.15, -0.1) is 0 Å². The largest absolute Gasteiger partial charge is 0.446 e. The van der Waals surface area contributed by atoms with Crippen LogP contribution in [0, 0.1) is 0 Å². The maximum Gasteiger partial charge on any atom is 0.437 e. The lowest BCUT2D eigenvalue weighted by Gasteiger charge is -2.35. The van der Waals surface area contributed by atoms with Crippen molar-refractivity contribution in [3.63, 3.8) is 0 Å². The van der Waals surface area contributed by atoms with Gasteiger partial charge >= 0.3 is 12.3 Å². The Labute approximate surface area is 229 Å². The van der Waals surface area contributed by atoms with Crippen molar-refractivity contribution >= 4 is 29.5 Å². The number of alkyl halides is 3. The molecule has 8 nitrogen and oxygen atoms in total. The summed E-state index contributed by atoms with van der Waals surface area (Å²) in [5.41, 5.74) is -0.784. The number of hydrogen-bond acceptors (Lipinski definition) is 8. The zero-order chi connectivity index (χ0) is 27.4. The van der Waals surface area contributed by atoms with Crippen LogP contribution in [0.1, 0.15) is 79.6 Å². The molecule has 1 saturated heterocycles. The van der Waals surface area contributed by atoms with Gasteiger partial charge in [-0.2, -0.15) is 18.2 Å². The lowest BCUT2D eigenvalue weighted by molar-refractivity contribution is -0.141. The maximum atomic E-state index is 13.6. The van der Waals surface area contributed by atoms with E-state index in [1.54, 1.807) is 17.0 Å².